The summed E-state index contributed by atoms with van der Waals surface area (Å²) in [6.45, 7) is 2.22. The van der Waals surface area contributed by atoms with Gasteiger partial charge in [0.05, 0.1) is 7.05 Å². The van der Waals surface area contributed by atoms with Gasteiger partial charge in [0.25, 0.3) is 5.82 Å². The van der Waals surface area contributed by atoms with Crippen LogP contribution in [0.15, 0.2) is 36.7 Å². The zero-order chi connectivity index (χ0) is 12.4. The molecule has 1 aromatic carbocycles. The van der Waals surface area contributed by atoms with E-state index in [4.69, 9.17) is 0 Å². The maximum atomic E-state index is 12.7. The molecule has 0 atom stereocenters. The van der Waals surface area contributed by atoms with Crippen LogP contribution in [0, 0.1) is 12.7 Å². The maximum Gasteiger partial charge on any atom is 0.253 e. The van der Waals surface area contributed by atoms with E-state index in [2.05, 4.69) is 0 Å². The van der Waals surface area contributed by atoms with E-state index in [-0.39, 0.29) is 35.1 Å². The summed E-state index contributed by atoms with van der Waals surface area (Å²) in [6.07, 6.45) is 3.75. The summed E-state index contributed by atoms with van der Waals surface area (Å²) >= 11 is 0. The second-order valence-corrected chi connectivity index (χ2v) is 4.01. The summed E-state index contributed by atoms with van der Waals surface area (Å²) in [5, 5.41) is 0. The molecule has 0 spiro atoms. The Labute approximate surface area is 116 Å². The van der Waals surface area contributed by atoms with Gasteiger partial charge in [-0.25, -0.2) is 13.5 Å². The summed E-state index contributed by atoms with van der Waals surface area (Å²) < 4.78 is 16.5. The normalized spacial score (nSPS) is 9.94. The fourth-order valence-corrected chi connectivity index (χ4v) is 1.65. The van der Waals surface area contributed by atoms with Crippen molar-refractivity contribution in [1.29, 1.82) is 0 Å². The van der Waals surface area contributed by atoms with Gasteiger partial charge in [-0.15, -0.1) is 0 Å². The van der Waals surface area contributed by atoms with Crippen molar-refractivity contribution in [1.82, 2.24) is 4.57 Å². The highest BCUT2D eigenvalue weighted by Gasteiger charge is 2.14. The number of halogens is 2. The Morgan fingerprint density at radius 2 is 1.94 bits per heavy atom. The molecule has 5 heteroatoms. The van der Waals surface area contributed by atoms with Crippen molar-refractivity contribution in [3.63, 3.8) is 0 Å². The molecule has 0 amide bonds. The number of benzene rings is 1. The molecule has 1 heterocycles. The van der Waals surface area contributed by atoms with E-state index in [9.17, 15) is 9.18 Å². The molecule has 2 rings (SSSR count). The Bertz CT molecular complexity index is 549. The van der Waals surface area contributed by atoms with Crippen LogP contribution in [-0.2, 0) is 13.6 Å². The number of imidazole rings is 1. The third-order valence-corrected chi connectivity index (χ3v) is 2.88. The highest BCUT2D eigenvalue weighted by atomic mass is 79.9. The molecule has 0 radical (unpaired) electrons. The van der Waals surface area contributed by atoms with E-state index in [0.717, 1.165) is 5.82 Å². The van der Waals surface area contributed by atoms with Gasteiger partial charge in [0.15, 0.2) is 6.54 Å². The molecule has 0 aliphatic heterocycles. The zero-order valence-electron chi connectivity index (χ0n) is 10.2. The fraction of sp³-hybridized carbons (Fsp3) is 0.231. The minimum Gasteiger partial charge on any atom is -1.00 e. The predicted octanol–water partition coefficient (Wildman–Crippen LogP) is -1.35. The van der Waals surface area contributed by atoms with Gasteiger partial charge < -0.3 is 17.0 Å². The average molecular weight is 313 g/mol. The minimum absolute atomic E-state index is 0. The summed E-state index contributed by atoms with van der Waals surface area (Å²) in [4.78, 5) is 11.9. The van der Waals surface area contributed by atoms with Crippen LogP contribution in [0.25, 0.3) is 0 Å². The lowest BCUT2D eigenvalue weighted by molar-refractivity contribution is -0.677. The second-order valence-electron chi connectivity index (χ2n) is 4.01. The highest BCUT2D eigenvalue weighted by Crippen LogP contribution is 2.05. The van der Waals surface area contributed by atoms with Crippen LogP contribution < -0.4 is 21.5 Å². The van der Waals surface area contributed by atoms with Gasteiger partial charge >= 0.3 is 0 Å². The van der Waals surface area contributed by atoms with E-state index in [1.807, 2.05) is 35.5 Å². The Kier molecular flexibility index (Phi) is 4.78. The number of ketones is 1. The zero-order valence-corrected chi connectivity index (χ0v) is 11.8. The lowest BCUT2D eigenvalue weighted by Gasteiger charge is -2.00. The number of hydrogen-bond acceptors (Lipinski definition) is 1. The minimum atomic E-state index is -0.329. The topological polar surface area (TPSA) is 25.9 Å². The number of aryl methyl sites for hydroxylation is 1. The van der Waals surface area contributed by atoms with Crippen molar-refractivity contribution in [2.75, 3.05) is 0 Å². The molecular weight excluding hydrogens is 299 g/mol. The second kappa shape index (κ2) is 5.91. The van der Waals surface area contributed by atoms with Crippen LogP contribution in [0.3, 0.4) is 0 Å². The lowest BCUT2D eigenvalue weighted by Crippen LogP contribution is -3.00. The molecule has 0 N–H and O–H groups in total. The average Bonchev–Trinajstić information content (AvgIpc) is 2.62. The summed E-state index contributed by atoms with van der Waals surface area (Å²) in [5.41, 5.74) is 0.530. The molecule has 0 aliphatic rings. The van der Waals surface area contributed by atoms with Gasteiger partial charge in [-0.1, -0.05) is 0 Å². The van der Waals surface area contributed by atoms with E-state index in [1.165, 1.54) is 24.3 Å². The number of carbonyl (C=O) groups excluding carboxylic acids is 1. The number of aromatic nitrogens is 2. The van der Waals surface area contributed by atoms with Crippen LogP contribution in [0.1, 0.15) is 16.2 Å². The van der Waals surface area contributed by atoms with Gasteiger partial charge in [-0.05, 0) is 24.3 Å². The first-order chi connectivity index (χ1) is 8.08. The standard InChI is InChI=1S/C13H14FN2O.BrH/c1-10-15(2)7-8-16(10)9-13(17)11-3-5-12(14)6-4-11;/h3-8H,9H2,1-2H3;1H/q+1;/p-1. The molecule has 0 aliphatic carbocycles. The molecule has 96 valence electrons. The van der Waals surface area contributed by atoms with Crippen molar-refractivity contribution >= 4 is 5.78 Å². The molecule has 1 aromatic heterocycles. The molecule has 0 saturated heterocycles. The molecular formula is C13H14BrFN2O. The van der Waals surface area contributed by atoms with Crippen molar-refractivity contribution in [3.8, 4) is 0 Å². The van der Waals surface area contributed by atoms with Gasteiger partial charge in [0.1, 0.15) is 18.2 Å². The Hall–Kier alpha value is -1.49. The van der Waals surface area contributed by atoms with E-state index < -0.39 is 0 Å². The first-order valence-electron chi connectivity index (χ1n) is 5.38. The summed E-state index contributed by atoms with van der Waals surface area (Å²) in [6, 6.07) is 5.62. The Balaban J connectivity index is 0.00000162. The lowest BCUT2D eigenvalue weighted by atomic mass is 10.1. The van der Waals surface area contributed by atoms with Crippen LogP contribution in [0.4, 0.5) is 4.39 Å². The molecule has 3 nitrogen and oxygen atoms in total. The number of hydrogen-bond donors (Lipinski definition) is 0. The smallest absolute Gasteiger partial charge is 0.253 e. The molecule has 18 heavy (non-hydrogen) atoms. The fourth-order valence-electron chi connectivity index (χ4n) is 1.65. The number of rotatable bonds is 3. The number of carbonyl (C=O) groups is 1. The van der Waals surface area contributed by atoms with Crippen LogP contribution in [0.5, 0.6) is 0 Å². The van der Waals surface area contributed by atoms with Crippen molar-refractivity contribution < 1.29 is 30.7 Å². The van der Waals surface area contributed by atoms with Gasteiger partial charge in [0, 0.05) is 12.5 Å². The third-order valence-electron chi connectivity index (χ3n) is 2.88. The molecule has 0 fully saturated rings. The van der Waals surface area contributed by atoms with Crippen LogP contribution in [-0.4, -0.2) is 10.4 Å². The SMILES string of the molecule is Cc1n(CC(=O)c2ccc(F)cc2)cc[n+]1C.[Br-]. The van der Waals surface area contributed by atoms with Gasteiger partial charge in [-0.2, -0.15) is 0 Å². The van der Waals surface area contributed by atoms with Crippen molar-refractivity contribution in [2.24, 2.45) is 7.05 Å². The monoisotopic (exact) mass is 312 g/mol. The quantitative estimate of drug-likeness (QED) is 0.508. The third kappa shape index (κ3) is 3.04. The first-order valence-corrected chi connectivity index (χ1v) is 5.38. The molecule has 0 unspecified atom stereocenters. The van der Waals surface area contributed by atoms with Gasteiger partial charge in [0.2, 0.25) is 5.78 Å². The van der Waals surface area contributed by atoms with Crippen LogP contribution >= 0.6 is 0 Å². The molecule has 0 bridgehead atoms. The molecule has 2 aromatic rings. The number of Topliss-reactive ketones (excluding diaryl/α,β-unsaturated/α-hetero) is 1. The van der Waals surface area contributed by atoms with E-state index >= 15 is 0 Å². The van der Waals surface area contributed by atoms with Crippen LogP contribution in [0.2, 0.25) is 0 Å². The Morgan fingerprint density at radius 1 is 1.33 bits per heavy atom. The maximum absolute atomic E-state index is 12.7. The van der Waals surface area contributed by atoms with Crippen molar-refractivity contribution in [3.05, 3.63) is 53.9 Å². The predicted molar refractivity (Wildman–Crippen MR) is 61.1 cm³/mol. The van der Waals surface area contributed by atoms with E-state index in [1.54, 1.807) is 0 Å². The summed E-state index contributed by atoms with van der Waals surface area (Å²) in [7, 11) is 1.92. The largest absolute Gasteiger partial charge is 1.00 e. The Morgan fingerprint density at radius 3 is 2.44 bits per heavy atom. The highest BCUT2D eigenvalue weighted by molar-refractivity contribution is 5.95. The van der Waals surface area contributed by atoms with Gasteiger partial charge in [-0.3, -0.25) is 4.79 Å². The summed E-state index contributed by atoms with van der Waals surface area (Å²) in [5.74, 6) is 0.648. The van der Waals surface area contributed by atoms with Crippen molar-refractivity contribution in [2.45, 2.75) is 13.5 Å². The molecule has 0 saturated carbocycles. The number of nitrogens with zero attached hydrogens (tertiary/aromatic N) is 2. The van der Waals surface area contributed by atoms with E-state index in [0.29, 0.717) is 5.56 Å². The first kappa shape index (κ1) is 14.6.